The van der Waals surface area contributed by atoms with Gasteiger partial charge in [-0.3, -0.25) is 0 Å². The van der Waals surface area contributed by atoms with Crippen LogP contribution in [0.4, 0.5) is 0 Å². The molecule has 0 amide bonds. The number of esters is 2. The fourth-order valence-electron chi connectivity index (χ4n) is 1.56. The van der Waals surface area contributed by atoms with Crippen molar-refractivity contribution in [3.63, 3.8) is 0 Å². The van der Waals surface area contributed by atoms with Crippen LogP contribution in [0.25, 0.3) is 0 Å². The van der Waals surface area contributed by atoms with E-state index in [9.17, 15) is 9.59 Å². The predicted molar refractivity (Wildman–Crippen MR) is 74.1 cm³/mol. The lowest BCUT2D eigenvalue weighted by Gasteiger charge is -2.11. The molecule has 0 saturated carbocycles. The zero-order valence-corrected chi connectivity index (χ0v) is 12.2. The minimum Gasteiger partial charge on any atom is -0.476 e. The van der Waals surface area contributed by atoms with Gasteiger partial charge in [-0.2, -0.15) is 5.26 Å². The van der Waals surface area contributed by atoms with E-state index in [1.807, 2.05) is 6.07 Å². The van der Waals surface area contributed by atoms with Crippen LogP contribution in [0.3, 0.4) is 0 Å². The molecule has 1 atom stereocenters. The molecule has 0 radical (unpaired) electrons. The van der Waals surface area contributed by atoms with E-state index in [0.717, 1.165) is 0 Å². The average Bonchev–Trinajstić information content (AvgIpc) is 2.47. The second-order valence-electron chi connectivity index (χ2n) is 4.08. The Morgan fingerprint density at radius 1 is 1.10 bits per heavy atom. The lowest BCUT2D eigenvalue weighted by molar-refractivity contribution is 0.0524. The van der Waals surface area contributed by atoms with E-state index in [0.29, 0.717) is 0 Å². The van der Waals surface area contributed by atoms with Crippen molar-refractivity contribution in [3.8, 4) is 11.8 Å². The Balaban J connectivity index is 3.16. The molecule has 0 saturated heterocycles. The van der Waals surface area contributed by atoms with Gasteiger partial charge in [0, 0.05) is 0 Å². The highest BCUT2D eigenvalue weighted by atomic mass is 16.5. The summed E-state index contributed by atoms with van der Waals surface area (Å²) in [4.78, 5) is 23.6. The molecule has 0 spiro atoms. The molecule has 0 aliphatic heterocycles. The fraction of sp³-hybridized carbons (Fsp3) is 0.400. The number of hydrogen-bond acceptors (Lipinski definition) is 6. The third-order valence-corrected chi connectivity index (χ3v) is 2.42. The number of benzene rings is 1. The van der Waals surface area contributed by atoms with Crippen LogP contribution in [0, 0.1) is 11.3 Å². The first-order chi connectivity index (χ1) is 10.0. The zero-order chi connectivity index (χ0) is 15.8. The van der Waals surface area contributed by atoms with E-state index in [1.54, 1.807) is 20.8 Å². The SMILES string of the molecule is CCOC(=O)c1cc(O[C@H](C)C#N)cc(C(=O)OCC)c1. The van der Waals surface area contributed by atoms with Crippen LogP contribution in [0.15, 0.2) is 18.2 Å². The molecule has 1 aromatic rings. The maximum atomic E-state index is 11.8. The number of hydrogen-bond donors (Lipinski definition) is 0. The van der Waals surface area contributed by atoms with Gasteiger partial charge in [-0.1, -0.05) is 0 Å². The Hall–Kier alpha value is -2.55. The van der Waals surface area contributed by atoms with Crippen molar-refractivity contribution in [2.45, 2.75) is 26.9 Å². The average molecular weight is 291 g/mol. The molecule has 0 N–H and O–H groups in total. The maximum Gasteiger partial charge on any atom is 0.338 e. The van der Waals surface area contributed by atoms with E-state index in [1.165, 1.54) is 18.2 Å². The molecule has 0 unspecified atom stereocenters. The summed E-state index contributed by atoms with van der Waals surface area (Å²) >= 11 is 0. The third kappa shape index (κ3) is 4.80. The lowest BCUT2D eigenvalue weighted by Crippen LogP contribution is -2.12. The first-order valence-corrected chi connectivity index (χ1v) is 6.57. The fourth-order valence-corrected chi connectivity index (χ4v) is 1.56. The van der Waals surface area contributed by atoms with Crippen LogP contribution in [-0.2, 0) is 9.47 Å². The van der Waals surface area contributed by atoms with Crippen molar-refractivity contribution in [2.24, 2.45) is 0 Å². The maximum absolute atomic E-state index is 11.8. The van der Waals surface area contributed by atoms with Crippen LogP contribution < -0.4 is 4.74 Å². The molecule has 0 aromatic heterocycles. The van der Waals surface area contributed by atoms with E-state index >= 15 is 0 Å². The number of carbonyl (C=O) groups is 2. The van der Waals surface area contributed by atoms with Crippen molar-refractivity contribution in [2.75, 3.05) is 13.2 Å². The Labute approximate surface area is 123 Å². The largest absolute Gasteiger partial charge is 0.476 e. The molecule has 0 fully saturated rings. The number of carbonyl (C=O) groups excluding carboxylic acids is 2. The molecule has 6 heteroatoms. The summed E-state index contributed by atoms with van der Waals surface area (Å²) in [6.07, 6.45) is -0.711. The van der Waals surface area contributed by atoms with Crippen molar-refractivity contribution >= 4 is 11.9 Å². The summed E-state index contributed by atoms with van der Waals surface area (Å²) in [6, 6.07) is 6.13. The van der Waals surface area contributed by atoms with Crippen molar-refractivity contribution in [3.05, 3.63) is 29.3 Å². The van der Waals surface area contributed by atoms with Gasteiger partial charge in [0.25, 0.3) is 0 Å². The Morgan fingerprint density at radius 2 is 1.57 bits per heavy atom. The quantitative estimate of drug-likeness (QED) is 0.748. The molecule has 0 bridgehead atoms. The standard InChI is InChI=1S/C15H17NO5/c1-4-19-14(17)11-6-12(15(18)20-5-2)8-13(7-11)21-10(3)9-16/h6-8,10H,4-5H2,1-3H3/t10-/m1/s1. The van der Waals surface area contributed by atoms with Gasteiger partial charge in [0.15, 0.2) is 6.10 Å². The summed E-state index contributed by atoms with van der Waals surface area (Å²) in [6.45, 7) is 5.35. The van der Waals surface area contributed by atoms with Gasteiger partial charge in [-0.05, 0) is 39.0 Å². The van der Waals surface area contributed by atoms with Gasteiger partial charge < -0.3 is 14.2 Å². The monoisotopic (exact) mass is 291 g/mol. The number of ether oxygens (including phenoxy) is 3. The van der Waals surface area contributed by atoms with Gasteiger partial charge >= 0.3 is 11.9 Å². The van der Waals surface area contributed by atoms with Crippen LogP contribution in [0.5, 0.6) is 5.75 Å². The first-order valence-electron chi connectivity index (χ1n) is 6.57. The summed E-state index contributed by atoms with van der Waals surface area (Å²) < 4.78 is 15.1. The third-order valence-electron chi connectivity index (χ3n) is 2.42. The van der Waals surface area contributed by atoms with E-state index in [-0.39, 0.29) is 30.1 Å². The van der Waals surface area contributed by atoms with Gasteiger partial charge in [0.1, 0.15) is 11.8 Å². The zero-order valence-electron chi connectivity index (χ0n) is 12.2. The van der Waals surface area contributed by atoms with E-state index in [4.69, 9.17) is 19.5 Å². The molecular weight excluding hydrogens is 274 g/mol. The van der Waals surface area contributed by atoms with Crippen LogP contribution in [0.1, 0.15) is 41.5 Å². The van der Waals surface area contributed by atoms with Crippen LogP contribution >= 0.6 is 0 Å². The van der Waals surface area contributed by atoms with Gasteiger partial charge in [-0.25, -0.2) is 9.59 Å². The molecule has 0 aliphatic carbocycles. The predicted octanol–water partition coefficient (Wildman–Crippen LogP) is 2.33. The molecule has 1 rings (SSSR count). The lowest BCUT2D eigenvalue weighted by atomic mass is 10.1. The number of nitrogens with zero attached hydrogens (tertiary/aromatic N) is 1. The summed E-state index contributed by atoms with van der Waals surface area (Å²) in [7, 11) is 0. The normalized spacial score (nSPS) is 11.1. The van der Waals surface area contributed by atoms with E-state index < -0.39 is 18.0 Å². The smallest absolute Gasteiger partial charge is 0.338 e. The molecular formula is C15H17NO5. The van der Waals surface area contributed by atoms with Crippen LogP contribution in [0.2, 0.25) is 0 Å². The molecule has 21 heavy (non-hydrogen) atoms. The molecule has 112 valence electrons. The van der Waals surface area contributed by atoms with Crippen molar-refractivity contribution in [1.29, 1.82) is 5.26 Å². The number of nitriles is 1. The second-order valence-corrected chi connectivity index (χ2v) is 4.08. The highest BCUT2D eigenvalue weighted by Crippen LogP contribution is 2.20. The minimum atomic E-state index is -0.711. The molecule has 0 aliphatic rings. The minimum absolute atomic E-state index is 0.169. The first kappa shape index (κ1) is 16.5. The molecule has 6 nitrogen and oxygen atoms in total. The summed E-state index contributed by atoms with van der Waals surface area (Å²) in [5, 5.41) is 8.76. The molecule has 1 aromatic carbocycles. The molecule has 0 heterocycles. The number of rotatable bonds is 6. The van der Waals surface area contributed by atoms with Crippen LogP contribution in [-0.4, -0.2) is 31.3 Å². The highest BCUT2D eigenvalue weighted by molar-refractivity contribution is 5.96. The Morgan fingerprint density at radius 3 is 1.95 bits per heavy atom. The van der Waals surface area contributed by atoms with Gasteiger partial charge in [0.2, 0.25) is 0 Å². The highest BCUT2D eigenvalue weighted by Gasteiger charge is 2.16. The Bertz CT molecular complexity index is 525. The van der Waals surface area contributed by atoms with Gasteiger partial charge in [-0.15, -0.1) is 0 Å². The Kier molecular flexibility index (Phi) is 6.21. The van der Waals surface area contributed by atoms with Crippen molar-refractivity contribution < 1.29 is 23.8 Å². The van der Waals surface area contributed by atoms with Crippen molar-refractivity contribution in [1.82, 2.24) is 0 Å². The topological polar surface area (TPSA) is 85.6 Å². The summed E-state index contributed by atoms with van der Waals surface area (Å²) in [5.74, 6) is -0.908. The van der Waals surface area contributed by atoms with Gasteiger partial charge in [0.05, 0.1) is 24.3 Å². The summed E-state index contributed by atoms with van der Waals surface area (Å²) in [5.41, 5.74) is 0.338. The second kappa shape index (κ2) is 7.90. The van der Waals surface area contributed by atoms with E-state index in [2.05, 4.69) is 0 Å².